The van der Waals surface area contributed by atoms with Gasteiger partial charge < -0.3 is 14.7 Å². The van der Waals surface area contributed by atoms with E-state index in [-0.39, 0.29) is 35.1 Å². The van der Waals surface area contributed by atoms with Gasteiger partial charge in [-0.25, -0.2) is 0 Å². The molecule has 3 fully saturated rings. The van der Waals surface area contributed by atoms with Crippen molar-refractivity contribution in [2.75, 3.05) is 32.7 Å². The Labute approximate surface area is 160 Å². The highest BCUT2D eigenvalue weighted by Crippen LogP contribution is 2.49. The number of benzene rings is 1. The van der Waals surface area contributed by atoms with Crippen LogP contribution < -0.4 is 0 Å². The summed E-state index contributed by atoms with van der Waals surface area (Å²) in [5.41, 5.74) is 0.499. The first-order valence-corrected chi connectivity index (χ1v) is 9.89. The number of hydrogen-bond donors (Lipinski definition) is 0. The average Bonchev–Trinajstić information content (AvgIpc) is 3.22. The topological polar surface area (TPSA) is 60.9 Å². The second-order valence-corrected chi connectivity index (χ2v) is 7.98. The van der Waals surface area contributed by atoms with Crippen LogP contribution in [0.3, 0.4) is 0 Å². The molecule has 0 aliphatic carbocycles. The molecule has 0 saturated carbocycles. The standard InChI is InChI=1S/C21H27N3O3/c1-3-24-20(27)17-13-23(15(2)25)14-18(17)21(24)9-11-22(12-10-21)19(26)16-7-5-4-6-8-16/h4-8,17-18H,3,9-14H2,1-2H3/t17-,18+/m0/s1. The fourth-order valence-electron chi connectivity index (χ4n) is 5.45. The molecule has 2 atom stereocenters. The van der Waals surface area contributed by atoms with E-state index >= 15 is 0 Å². The maximum absolute atomic E-state index is 13.0. The van der Waals surface area contributed by atoms with Crippen molar-refractivity contribution in [3.05, 3.63) is 35.9 Å². The zero-order valence-corrected chi connectivity index (χ0v) is 16.1. The van der Waals surface area contributed by atoms with Crippen molar-refractivity contribution < 1.29 is 14.4 Å². The smallest absolute Gasteiger partial charge is 0.253 e. The molecule has 4 rings (SSSR count). The number of rotatable bonds is 2. The van der Waals surface area contributed by atoms with Gasteiger partial charge in [0.1, 0.15) is 0 Å². The van der Waals surface area contributed by atoms with Gasteiger partial charge in [-0.1, -0.05) is 18.2 Å². The number of hydrogen-bond acceptors (Lipinski definition) is 3. The molecule has 6 heteroatoms. The van der Waals surface area contributed by atoms with E-state index in [9.17, 15) is 14.4 Å². The Morgan fingerprint density at radius 1 is 1.07 bits per heavy atom. The predicted octanol–water partition coefficient (Wildman–Crippen LogP) is 1.62. The molecule has 0 unspecified atom stereocenters. The molecule has 0 N–H and O–H groups in total. The van der Waals surface area contributed by atoms with E-state index < -0.39 is 0 Å². The summed E-state index contributed by atoms with van der Waals surface area (Å²) in [6.45, 7) is 6.82. The molecule has 3 amide bonds. The van der Waals surface area contributed by atoms with Gasteiger partial charge in [-0.3, -0.25) is 14.4 Å². The Morgan fingerprint density at radius 2 is 1.74 bits per heavy atom. The van der Waals surface area contributed by atoms with Crippen LogP contribution in [0.2, 0.25) is 0 Å². The molecular weight excluding hydrogens is 342 g/mol. The maximum Gasteiger partial charge on any atom is 0.253 e. The van der Waals surface area contributed by atoms with E-state index in [2.05, 4.69) is 0 Å². The normalized spacial score (nSPS) is 26.6. The summed E-state index contributed by atoms with van der Waals surface area (Å²) in [6, 6.07) is 9.37. The van der Waals surface area contributed by atoms with Crippen molar-refractivity contribution in [2.24, 2.45) is 11.8 Å². The van der Waals surface area contributed by atoms with Gasteiger partial charge in [0.25, 0.3) is 5.91 Å². The summed E-state index contributed by atoms with van der Waals surface area (Å²) in [5.74, 6) is 0.403. The lowest BCUT2D eigenvalue weighted by molar-refractivity contribution is -0.136. The molecule has 1 aromatic carbocycles. The van der Waals surface area contributed by atoms with E-state index in [1.807, 2.05) is 52.0 Å². The summed E-state index contributed by atoms with van der Waals surface area (Å²) in [7, 11) is 0. The van der Waals surface area contributed by atoms with Crippen molar-refractivity contribution in [3.8, 4) is 0 Å². The van der Waals surface area contributed by atoms with Crippen molar-refractivity contribution >= 4 is 17.7 Å². The maximum atomic E-state index is 13.0. The van der Waals surface area contributed by atoms with E-state index in [0.29, 0.717) is 38.3 Å². The molecule has 6 nitrogen and oxygen atoms in total. The summed E-state index contributed by atoms with van der Waals surface area (Å²) < 4.78 is 0. The minimum absolute atomic E-state index is 0.0482. The molecule has 3 aliphatic rings. The molecule has 1 aromatic rings. The number of piperidine rings is 1. The third kappa shape index (κ3) is 2.73. The van der Waals surface area contributed by atoms with Gasteiger partial charge in [0.15, 0.2) is 0 Å². The van der Waals surface area contributed by atoms with Crippen molar-refractivity contribution in [3.63, 3.8) is 0 Å². The van der Waals surface area contributed by atoms with Crippen LogP contribution in [0.5, 0.6) is 0 Å². The SMILES string of the molecule is CCN1C(=O)[C@H]2CN(C(C)=O)C[C@H]2C12CCN(C(=O)c1ccccc1)CC2. The predicted molar refractivity (Wildman–Crippen MR) is 101 cm³/mol. The number of likely N-dealkylation sites (tertiary alicyclic amines) is 3. The van der Waals surface area contributed by atoms with Crippen molar-refractivity contribution in [1.82, 2.24) is 14.7 Å². The molecule has 0 bridgehead atoms. The second kappa shape index (κ2) is 6.66. The Hall–Kier alpha value is -2.37. The van der Waals surface area contributed by atoms with E-state index in [1.165, 1.54) is 0 Å². The van der Waals surface area contributed by atoms with Crippen LogP contribution in [0.4, 0.5) is 0 Å². The Balaban J connectivity index is 1.54. The van der Waals surface area contributed by atoms with Crippen LogP contribution in [0.25, 0.3) is 0 Å². The highest BCUT2D eigenvalue weighted by molar-refractivity contribution is 5.94. The largest absolute Gasteiger partial charge is 0.342 e. The number of nitrogens with zero attached hydrogens (tertiary/aromatic N) is 3. The Morgan fingerprint density at radius 3 is 2.33 bits per heavy atom. The van der Waals surface area contributed by atoms with Crippen molar-refractivity contribution in [2.45, 2.75) is 32.2 Å². The lowest BCUT2D eigenvalue weighted by atomic mass is 9.74. The average molecular weight is 369 g/mol. The van der Waals surface area contributed by atoms with E-state index in [4.69, 9.17) is 0 Å². The van der Waals surface area contributed by atoms with Gasteiger partial charge in [-0.15, -0.1) is 0 Å². The van der Waals surface area contributed by atoms with Gasteiger partial charge in [0.2, 0.25) is 11.8 Å². The molecule has 0 aromatic heterocycles. The Kier molecular flexibility index (Phi) is 4.44. The van der Waals surface area contributed by atoms with Crippen LogP contribution >= 0.6 is 0 Å². The number of fused-ring (bicyclic) bond motifs is 2. The van der Waals surface area contributed by atoms with Crippen LogP contribution in [0.1, 0.15) is 37.0 Å². The fraction of sp³-hybridized carbons (Fsp3) is 0.571. The molecule has 1 spiro atoms. The van der Waals surface area contributed by atoms with Gasteiger partial charge in [-0.05, 0) is 31.9 Å². The number of amides is 3. The van der Waals surface area contributed by atoms with Crippen LogP contribution in [0.15, 0.2) is 30.3 Å². The minimum atomic E-state index is -0.214. The zero-order chi connectivity index (χ0) is 19.2. The summed E-state index contributed by atoms with van der Waals surface area (Å²) in [4.78, 5) is 43.4. The summed E-state index contributed by atoms with van der Waals surface area (Å²) >= 11 is 0. The zero-order valence-electron chi connectivity index (χ0n) is 16.1. The molecular formula is C21H27N3O3. The fourth-order valence-corrected chi connectivity index (χ4v) is 5.45. The first-order chi connectivity index (χ1) is 13.0. The highest BCUT2D eigenvalue weighted by Gasteiger charge is 2.61. The van der Waals surface area contributed by atoms with Gasteiger partial charge in [-0.2, -0.15) is 0 Å². The second-order valence-electron chi connectivity index (χ2n) is 7.98. The van der Waals surface area contributed by atoms with Gasteiger partial charge in [0.05, 0.1) is 11.5 Å². The summed E-state index contributed by atoms with van der Waals surface area (Å²) in [6.07, 6.45) is 1.58. The molecule has 3 aliphatic heterocycles. The quantitative estimate of drug-likeness (QED) is 0.796. The first-order valence-electron chi connectivity index (χ1n) is 9.89. The van der Waals surface area contributed by atoms with Crippen LogP contribution in [-0.2, 0) is 9.59 Å². The molecule has 0 radical (unpaired) electrons. The molecule has 27 heavy (non-hydrogen) atoms. The van der Waals surface area contributed by atoms with E-state index in [1.54, 1.807) is 6.92 Å². The lowest BCUT2D eigenvalue weighted by Gasteiger charge is -2.47. The van der Waals surface area contributed by atoms with Gasteiger partial charge >= 0.3 is 0 Å². The van der Waals surface area contributed by atoms with E-state index in [0.717, 1.165) is 12.8 Å². The lowest BCUT2D eigenvalue weighted by Crippen LogP contribution is -2.58. The minimum Gasteiger partial charge on any atom is -0.342 e. The molecule has 3 saturated heterocycles. The molecule has 3 heterocycles. The van der Waals surface area contributed by atoms with Crippen LogP contribution in [-0.4, -0.2) is 70.7 Å². The summed E-state index contributed by atoms with van der Waals surface area (Å²) in [5, 5.41) is 0. The third-order valence-corrected chi connectivity index (χ3v) is 6.83. The third-order valence-electron chi connectivity index (χ3n) is 6.83. The molecule has 144 valence electrons. The van der Waals surface area contributed by atoms with Crippen LogP contribution in [0, 0.1) is 11.8 Å². The first kappa shape index (κ1) is 18.0. The number of carbonyl (C=O) groups is 3. The Bertz CT molecular complexity index is 755. The van der Waals surface area contributed by atoms with Gasteiger partial charge in [0, 0.05) is 51.1 Å². The number of carbonyl (C=O) groups excluding carboxylic acids is 3. The highest BCUT2D eigenvalue weighted by atomic mass is 16.2. The monoisotopic (exact) mass is 369 g/mol. The van der Waals surface area contributed by atoms with Crippen molar-refractivity contribution in [1.29, 1.82) is 0 Å².